The number of benzene rings is 1. The number of aliphatic imine (C=N–C) groups is 1. The van der Waals surface area contributed by atoms with E-state index in [4.69, 9.17) is 0 Å². The third-order valence-corrected chi connectivity index (χ3v) is 3.58. The monoisotopic (exact) mass is 279 g/mol. The molecule has 0 amide bonds. The molecule has 1 aromatic rings. The van der Waals surface area contributed by atoms with Crippen molar-refractivity contribution in [3.05, 3.63) is 35.6 Å². The van der Waals surface area contributed by atoms with Gasteiger partial charge in [0, 0.05) is 20.1 Å². The van der Waals surface area contributed by atoms with Crippen LogP contribution in [-0.4, -0.2) is 26.1 Å². The first kappa shape index (κ1) is 16.5. The van der Waals surface area contributed by atoms with Gasteiger partial charge in [-0.05, 0) is 24.0 Å². The van der Waals surface area contributed by atoms with E-state index in [-0.39, 0.29) is 5.82 Å². The van der Waals surface area contributed by atoms with Gasteiger partial charge in [-0.15, -0.1) is 0 Å². The zero-order valence-electron chi connectivity index (χ0n) is 12.7. The predicted molar refractivity (Wildman–Crippen MR) is 83.5 cm³/mol. The van der Waals surface area contributed by atoms with E-state index in [1.807, 2.05) is 12.1 Å². The Morgan fingerprint density at radius 2 is 1.90 bits per heavy atom. The highest BCUT2D eigenvalue weighted by molar-refractivity contribution is 5.79. The maximum atomic E-state index is 13.5. The average Bonchev–Trinajstić information content (AvgIpc) is 2.48. The summed E-state index contributed by atoms with van der Waals surface area (Å²) in [5, 5.41) is 6.54. The molecule has 0 heterocycles. The smallest absolute Gasteiger partial charge is 0.190 e. The summed E-state index contributed by atoms with van der Waals surface area (Å²) in [6, 6.07) is 6.88. The van der Waals surface area contributed by atoms with Crippen LogP contribution in [0.25, 0.3) is 0 Å². The molecule has 1 rings (SSSR count). The van der Waals surface area contributed by atoms with Crippen molar-refractivity contribution >= 4 is 5.96 Å². The van der Waals surface area contributed by atoms with Crippen molar-refractivity contribution in [3.63, 3.8) is 0 Å². The minimum Gasteiger partial charge on any atom is -0.356 e. The van der Waals surface area contributed by atoms with E-state index in [0.29, 0.717) is 18.9 Å². The number of nitrogens with zero attached hydrogens (tertiary/aromatic N) is 1. The Morgan fingerprint density at radius 1 is 1.20 bits per heavy atom. The second kappa shape index (κ2) is 9.34. The third kappa shape index (κ3) is 5.59. The van der Waals surface area contributed by atoms with Gasteiger partial charge < -0.3 is 10.6 Å². The maximum absolute atomic E-state index is 13.5. The van der Waals surface area contributed by atoms with Crippen LogP contribution in [0.1, 0.15) is 32.3 Å². The summed E-state index contributed by atoms with van der Waals surface area (Å²) in [6.45, 7) is 5.99. The number of hydrogen-bond acceptors (Lipinski definition) is 1. The van der Waals surface area contributed by atoms with Gasteiger partial charge in [0.15, 0.2) is 5.96 Å². The van der Waals surface area contributed by atoms with Crippen molar-refractivity contribution in [2.24, 2.45) is 10.9 Å². The Kier molecular flexibility index (Phi) is 7.70. The van der Waals surface area contributed by atoms with Crippen molar-refractivity contribution in [1.29, 1.82) is 0 Å². The SMILES string of the molecule is CCC(CC)CNC(=NC)NCCc1ccccc1F. The molecule has 2 N–H and O–H groups in total. The molecule has 0 spiro atoms. The van der Waals surface area contributed by atoms with Crippen LogP contribution in [0.2, 0.25) is 0 Å². The molecule has 0 aliphatic carbocycles. The Labute approximate surface area is 121 Å². The number of halogens is 1. The van der Waals surface area contributed by atoms with Crippen LogP contribution in [0.3, 0.4) is 0 Å². The molecule has 20 heavy (non-hydrogen) atoms. The van der Waals surface area contributed by atoms with Gasteiger partial charge >= 0.3 is 0 Å². The highest BCUT2D eigenvalue weighted by Gasteiger charge is 2.05. The second-order valence-electron chi connectivity index (χ2n) is 4.90. The molecule has 0 bridgehead atoms. The van der Waals surface area contributed by atoms with Crippen molar-refractivity contribution < 1.29 is 4.39 Å². The number of rotatable bonds is 7. The highest BCUT2D eigenvalue weighted by atomic mass is 19.1. The minimum atomic E-state index is -0.144. The molecule has 0 aliphatic rings. The van der Waals surface area contributed by atoms with E-state index < -0.39 is 0 Å². The molecule has 112 valence electrons. The quantitative estimate of drug-likeness (QED) is 0.594. The summed E-state index contributed by atoms with van der Waals surface area (Å²) in [5.41, 5.74) is 0.732. The van der Waals surface area contributed by atoms with E-state index >= 15 is 0 Å². The maximum Gasteiger partial charge on any atom is 0.190 e. The Balaban J connectivity index is 2.34. The van der Waals surface area contributed by atoms with Gasteiger partial charge in [0.1, 0.15) is 5.82 Å². The highest BCUT2D eigenvalue weighted by Crippen LogP contribution is 2.06. The van der Waals surface area contributed by atoms with Crippen LogP contribution in [0, 0.1) is 11.7 Å². The predicted octanol–water partition coefficient (Wildman–Crippen LogP) is 2.97. The lowest BCUT2D eigenvalue weighted by atomic mass is 10.0. The van der Waals surface area contributed by atoms with Crippen LogP contribution >= 0.6 is 0 Å². The van der Waals surface area contributed by atoms with Crippen LogP contribution < -0.4 is 10.6 Å². The molecular formula is C16H26FN3. The standard InChI is InChI=1S/C16H26FN3/c1-4-13(5-2)12-20-16(18-3)19-11-10-14-8-6-7-9-15(14)17/h6-9,13H,4-5,10-12H2,1-3H3,(H2,18,19,20). The van der Waals surface area contributed by atoms with Crippen molar-refractivity contribution in [2.45, 2.75) is 33.1 Å². The third-order valence-electron chi connectivity index (χ3n) is 3.58. The number of guanidine groups is 1. The molecular weight excluding hydrogens is 253 g/mol. The summed E-state index contributed by atoms with van der Waals surface area (Å²) in [6.07, 6.45) is 2.98. The lowest BCUT2D eigenvalue weighted by Crippen LogP contribution is -2.40. The molecule has 0 fully saturated rings. The normalized spacial score (nSPS) is 11.8. The van der Waals surface area contributed by atoms with Crippen LogP contribution in [0.15, 0.2) is 29.3 Å². The van der Waals surface area contributed by atoms with Gasteiger partial charge in [0.25, 0.3) is 0 Å². The molecule has 0 radical (unpaired) electrons. The fraction of sp³-hybridized carbons (Fsp3) is 0.562. The van der Waals surface area contributed by atoms with E-state index in [0.717, 1.165) is 30.9 Å². The second-order valence-corrected chi connectivity index (χ2v) is 4.90. The van der Waals surface area contributed by atoms with Gasteiger partial charge in [-0.3, -0.25) is 4.99 Å². The zero-order chi connectivity index (χ0) is 14.8. The summed E-state index contributed by atoms with van der Waals surface area (Å²) in [5.74, 6) is 1.31. The largest absolute Gasteiger partial charge is 0.356 e. The molecule has 4 heteroatoms. The molecule has 3 nitrogen and oxygen atoms in total. The van der Waals surface area contributed by atoms with Gasteiger partial charge in [0.05, 0.1) is 0 Å². The van der Waals surface area contributed by atoms with E-state index in [1.165, 1.54) is 6.07 Å². The molecule has 1 aromatic carbocycles. The average molecular weight is 279 g/mol. The Hall–Kier alpha value is -1.58. The first-order chi connectivity index (χ1) is 9.71. The summed E-state index contributed by atoms with van der Waals surface area (Å²) < 4.78 is 13.5. The first-order valence-electron chi connectivity index (χ1n) is 7.39. The van der Waals surface area contributed by atoms with Crippen molar-refractivity contribution in [2.75, 3.05) is 20.1 Å². The Bertz CT molecular complexity index is 414. The van der Waals surface area contributed by atoms with Crippen LogP contribution in [0.5, 0.6) is 0 Å². The van der Waals surface area contributed by atoms with Gasteiger partial charge in [-0.25, -0.2) is 4.39 Å². The number of nitrogens with one attached hydrogen (secondary N) is 2. The van der Waals surface area contributed by atoms with E-state index in [2.05, 4.69) is 29.5 Å². The molecule has 0 atom stereocenters. The minimum absolute atomic E-state index is 0.144. The van der Waals surface area contributed by atoms with Crippen molar-refractivity contribution in [1.82, 2.24) is 10.6 Å². The molecule has 0 aromatic heterocycles. The zero-order valence-corrected chi connectivity index (χ0v) is 12.7. The molecule has 0 aliphatic heterocycles. The summed E-state index contributed by atoms with van der Waals surface area (Å²) in [4.78, 5) is 4.18. The lowest BCUT2D eigenvalue weighted by molar-refractivity contribution is 0.481. The topological polar surface area (TPSA) is 36.4 Å². The summed E-state index contributed by atoms with van der Waals surface area (Å²) in [7, 11) is 1.76. The fourth-order valence-electron chi connectivity index (χ4n) is 2.06. The molecule has 0 saturated carbocycles. The van der Waals surface area contributed by atoms with Gasteiger partial charge in [-0.2, -0.15) is 0 Å². The first-order valence-corrected chi connectivity index (χ1v) is 7.39. The summed E-state index contributed by atoms with van der Waals surface area (Å²) >= 11 is 0. The van der Waals surface area contributed by atoms with Crippen molar-refractivity contribution in [3.8, 4) is 0 Å². The fourth-order valence-corrected chi connectivity index (χ4v) is 2.06. The molecule has 0 unspecified atom stereocenters. The lowest BCUT2D eigenvalue weighted by Gasteiger charge is -2.16. The van der Waals surface area contributed by atoms with E-state index in [9.17, 15) is 4.39 Å². The Morgan fingerprint density at radius 3 is 2.50 bits per heavy atom. The van der Waals surface area contributed by atoms with E-state index in [1.54, 1.807) is 13.1 Å². The molecule has 0 saturated heterocycles. The van der Waals surface area contributed by atoms with Gasteiger partial charge in [0.2, 0.25) is 0 Å². The van der Waals surface area contributed by atoms with Gasteiger partial charge in [-0.1, -0.05) is 44.9 Å². The number of hydrogen-bond donors (Lipinski definition) is 2. The van der Waals surface area contributed by atoms with Crippen LogP contribution in [0.4, 0.5) is 4.39 Å². The van der Waals surface area contributed by atoms with Crippen LogP contribution in [-0.2, 0) is 6.42 Å².